The summed E-state index contributed by atoms with van der Waals surface area (Å²) in [4.78, 5) is 0. The molecule has 76 valence electrons. The number of rotatable bonds is 2. The number of hydrogen-bond acceptors (Lipinski definition) is 2. The van der Waals surface area contributed by atoms with E-state index in [4.69, 9.17) is 9.47 Å². The topological polar surface area (TPSA) is 18.5 Å². The molecule has 0 N–H and O–H groups in total. The quantitative estimate of drug-likeness (QED) is 0.656. The molecular formula is C11H20O2. The third-order valence-electron chi connectivity index (χ3n) is 3.23. The van der Waals surface area contributed by atoms with Crippen LogP contribution in [0.2, 0.25) is 0 Å². The summed E-state index contributed by atoms with van der Waals surface area (Å²) in [7, 11) is 0. The van der Waals surface area contributed by atoms with E-state index in [1.54, 1.807) is 0 Å². The van der Waals surface area contributed by atoms with Gasteiger partial charge in [0.1, 0.15) is 0 Å². The van der Waals surface area contributed by atoms with Crippen molar-refractivity contribution in [3.8, 4) is 0 Å². The van der Waals surface area contributed by atoms with E-state index in [0.717, 1.165) is 19.6 Å². The Bertz CT molecular complexity index is 155. The molecule has 2 nitrogen and oxygen atoms in total. The first-order valence-corrected chi connectivity index (χ1v) is 5.54. The minimum atomic E-state index is 0.127. The molecule has 0 radical (unpaired) electrons. The normalized spacial score (nSPS) is 40.8. The second-order valence-electron chi connectivity index (χ2n) is 4.59. The fourth-order valence-electron chi connectivity index (χ4n) is 2.45. The Labute approximate surface area is 80.6 Å². The molecule has 1 unspecified atom stereocenters. The second-order valence-corrected chi connectivity index (χ2v) is 4.59. The van der Waals surface area contributed by atoms with Crippen LogP contribution in [0.15, 0.2) is 0 Å². The van der Waals surface area contributed by atoms with Crippen molar-refractivity contribution in [2.45, 2.75) is 57.2 Å². The minimum absolute atomic E-state index is 0.127. The van der Waals surface area contributed by atoms with E-state index < -0.39 is 0 Å². The van der Waals surface area contributed by atoms with Crippen molar-refractivity contribution < 1.29 is 9.47 Å². The first kappa shape index (κ1) is 9.47. The van der Waals surface area contributed by atoms with Gasteiger partial charge in [0.05, 0.1) is 11.7 Å². The molecule has 0 saturated carbocycles. The van der Waals surface area contributed by atoms with Gasteiger partial charge in [-0.25, -0.2) is 0 Å². The van der Waals surface area contributed by atoms with Crippen LogP contribution in [0.4, 0.5) is 0 Å². The fraction of sp³-hybridized carbons (Fsp3) is 1.00. The van der Waals surface area contributed by atoms with E-state index in [-0.39, 0.29) is 5.60 Å². The average Bonchev–Trinajstić information content (AvgIpc) is 2.54. The van der Waals surface area contributed by atoms with Crippen LogP contribution in [0.1, 0.15) is 45.4 Å². The zero-order valence-corrected chi connectivity index (χ0v) is 8.55. The third kappa shape index (κ3) is 2.44. The Balaban J connectivity index is 1.81. The van der Waals surface area contributed by atoms with Crippen LogP contribution in [-0.2, 0) is 9.47 Å². The van der Waals surface area contributed by atoms with Gasteiger partial charge in [-0.05, 0) is 39.0 Å². The van der Waals surface area contributed by atoms with Crippen molar-refractivity contribution >= 4 is 0 Å². The molecule has 2 heteroatoms. The number of hydrogen-bond donors (Lipinski definition) is 0. The van der Waals surface area contributed by atoms with Crippen molar-refractivity contribution in [2.24, 2.45) is 0 Å². The van der Waals surface area contributed by atoms with Gasteiger partial charge in [0.2, 0.25) is 0 Å². The highest BCUT2D eigenvalue weighted by molar-refractivity contribution is 4.84. The van der Waals surface area contributed by atoms with Crippen molar-refractivity contribution in [1.82, 2.24) is 0 Å². The summed E-state index contributed by atoms with van der Waals surface area (Å²) >= 11 is 0. The molecule has 2 rings (SSSR count). The lowest BCUT2D eigenvalue weighted by Gasteiger charge is -2.31. The van der Waals surface area contributed by atoms with Gasteiger partial charge in [0, 0.05) is 19.6 Å². The lowest BCUT2D eigenvalue weighted by atomic mass is 9.92. The molecule has 0 aliphatic carbocycles. The van der Waals surface area contributed by atoms with Crippen LogP contribution in [0.3, 0.4) is 0 Å². The van der Waals surface area contributed by atoms with E-state index in [2.05, 4.69) is 6.92 Å². The molecule has 0 bridgehead atoms. The molecule has 0 aromatic heterocycles. The maximum absolute atomic E-state index is 5.76. The predicted octanol–water partition coefficient (Wildman–Crippen LogP) is 2.51. The van der Waals surface area contributed by atoms with Gasteiger partial charge < -0.3 is 9.47 Å². The van der Waals surface area contributed by atoms with Crippen molar-refractivity contribution in [2.75, 3.05) is 13.2 Å². The highest BCUT2D eigenvalue weighted by atomic mass is 16.5. The molecule has 2 heterocycles. The van der Waals surface area contributed by atoms with Crippen LogP contribution < -0.4 is 0 Å². The van der Waals surface area contributed by atoms with Gasteiger partial charge in [-0.1, -0.05) is 0 Å². The second kappa shape index (κ2) is 3.97. The first-order valence-electron chi connectivity index (χ1n) is 5.54. The van der Waals surface area contributed by atoms with E-state index in [0.29, 0.717) is 6.10 Å². The lowest BCUT2D eigenvalue weighted by Crippen LogP contribution is -2.32. The smallest absolute Gasteiger partial charge is 0.0680 e. The molecule has 2 atom stereocenters. The van der Waals surface area contributed by atoms with Gasteiger partial charge in [-0.2, -0.15) is 0 Å². The van der Waals surface area contributed by atoms with Crippen molar-refractivity contribution in [1.29, 1.82) is 0 Å². The Morgan fingerprint density at radius 2 is 2.15 bits per heavy atom. The zero-order chi connectivity index (χ0) is 9.15. The Morgan fingerprint density at radius 1 is 1.23 bits per heavy atom. The van der Waals surface area contributed by atoms with Crippen LogP contribution in [0.5, 0.6) is 0 Å². The third-order valence-corrected chi connectivity index (χ3v) is 3.23. The highest BCUT2D eigenvalue weighted by Crippen LogP contribution is 2.32. The van der Waals surface area contributed by atoms with Crippen molar-refractivity contribution in [3.05, 3.63) is 0 Å². The Morgan fingerprint density at radius 3 is 2.77 bits per heavy atom. The zero-order valence-electron chi connectivity index (χ0n) is 8.55. The summed E-state index contributed by atoms with van der Waals surface area (Å²) in [6.07, 6.45) is 7.83. The molecular weight excluding hydrogens is 164 g/mol. The van der Waals surface area contributed by atoms with E-state index in [1.807, 2.05) is 0 Å². The molecule has 0 aromatic carbocycles. The van der Waals surface area contributed by atoms with Gasteiger partial charge in [0.25, 0.3) is 0 Å². The van der Waals surface area contributed by atoms with Crippen molar-refractivity contribution in [3.63, 3.8) is 0 Å². The van der Waals surface area contributed by atoms with Gasteiger partial charge in [0.15, 0.2) is 0 Å². The summed E-state index contributed by atoms with van der Waals surface area (Å²) in [5.74, 6) is 0. The van der Waals surface area contributed by atoms with Gasteiger partial charge >= 0.3 is 0 Å². The highest BCUT2D eigenvalue weighted by Gasteiger charge is 2.33. The summed E-state index contributed by atoms with van der Waals surface area (Å²) in [6.45, 7) is 4.14. The van der Waals surface area contributed by atoms with E-state index in [1.165, 1.54) is 32.1 Å². The molecule has 2 aliphatic rings. The van der Waals surface area contributed by atoms with Crippen LogP contribution in [-0.4, -0.2) is 24.9 Å². The molecule has 2 fully saturated rings. The summed E-state index contributed by atoms with van der Waals surface area (Å²) in [6, 6.07) is 0. The molecule has 2 saturated heterocycles. The van der Waals surface area contributed by atoms with Crippen LogP contribution in [0, 0.1) is 0 Å². The average molecular weight is 184 g/mol. The van der Waals surface area contributed by atoms with Crippen LogP contribution in [0.25, 0.3) is 0 Å². The predicted molar refractivity (Wildman–Crippen MR) is 51.8 cm³/mol. The SMILES string of the molecule is C[C@@]1(CC2CCCCO2)CCCO1. The summed E-state index contributed by atoms with van der Waals surface area (Å²) in [5, 5.41) is 0. The first-order chi connectivity index (χ1) is 6.29. The largest absolute Gasteiger partial charge is 0.378 e. The minimum Gasteiger partial charge on any atom is -0.378 e. The Hall–Kier alpha value is -0.0800. The lowest BCUT2D eigenvalue weighted by molar-refractivity contribution is -0.0597. The van der Waals surface area contributed by atoms with E-state index >= 15 is 0 Å². The van der Waals surface area contributed by atoms with E-state index in [9.17, 15) is 0 Å². The molecule has 0 amide bonds. The molecule has 2 aliphatic heterocycles. The Kier molecular flexibility index (Phi) is 2.89. The molecule has 13 heavy (non-hydrogen) atoms. The maximum Gasteiger partial charge on any atom is 0.0680 e. The molecule has 0 spiro atoms. The fourth-order valence-corrected chi connectivity index (χ4v) is 2.45. The van der Waals surface area contributed by atoms with Crippen LogP contribution >= 0.6 is 0 Å². The summed E-state index contributed by atoms with van der Waals surface area (Å²) < 4.78 is 11.5. The van der Waals surface area contributed by atoms with Gasteiger partial charge in [-0.15, -0.1) is 0 Å². The maximum atomic E-state index is 5.76. The number of ether oxygens (including phenoxy) is 2. The van der Waals surface area contributed by atoms with Gasteiger partial charge in [-0.3, -0.25) is 0 Å². The standard InChI is InChI=1S/C11H20O2/c1-11(6-4-8-13-11)9-10-5-2-3-7-12-10/h10H,2-9H2,1H3/t10?,11-/m0/s1. The summed E-state index contributed by atoms with van der Waals surface area (Å²) in [5.41, 5.74) is 0.127. The monoisotopic (exact) mass is 184 g/mol. The molecule has 0 aromatic rings.